The van der Waals surface area contributed by atoms with Crippen LogP contribution in [0.5, 0.6) is 5.75 Å². The number of nitrogens with zero attached hydrogens (tertiary/aromatic N) is 2. The van der Waals surface area contributed by atoms with Gasteiger partial charge >= 0.3 is 0 Å². The summed E-state index contributed by atoms with van der Waals surface area (Å²) in [5.74, 6) is 1.42. The molecule has 5 nitrogen and oxygen atoms in total. The second-order valence-corrected chi connectivity index (χ2v) is 6.31. The summed E-state index contributed by atoms with van der Waals surface area (Å²) in [6.45, 7) is 2.08. The van der Waals surface area contributed by atoms with E-state index in [0.717, 1.165) is 23.4 Å². The van der Waals surface area contributed by atoms with Gasteiger partial charge in [-0.05, 0) is 49.2 Å². The number of hydrogen-bond donors (Lipinski definition) is 1. The summed E-state index contributed by atoms with van der Waals surface area (Å²) in [4.78, 5) is 18.6. The summed E-state index contributed by atoms with van der Waals surface area (Å²) in [6.07, 6.45) is 4.12. The van der Waals surface area contributed by atoms with Gasteiger partial charge in [-0.15, -0.1) is 0 Å². The number of anilines is 2. The highest BCUT2D eigenvalue weighted by atomic mass is 79.9. The molecule has 0 saturated carbocycles. The van der Waals surface area contributed by atoms with E-state index >= 15 is 0 Å². The lowest BCUT2D eigenvalue weighted by Crippen LogP contribution is -2.21. The van der Waals surface area contributed by atoms with E-state index in [1.807, 2.05) is 36.4 Å². The Morgan fingerprint density at radius 3 is 2.57 bits per heavy atom. The van der Waals surface area contributed by atoms with Gasteiger partial charge in [-0.3, -0.25) is 4.79 Å². The van der Waals surface area contributed by atoms with E-state index in [-0.39, 0.29) is 12.5 Å². The zero-order valence-corrected chi connectivity index (χ0v) is 14.3. The van der Waals surface area contributed by atoms with Crippen molar-refractivity contribution in [3.05, 3.63) is 47.1 Å². The third kappa shape index (κ3) is 4.45. The number of aromatic nitrogens is 1. The predicted octanol–water partition coefficient (Wildman–Crippen LogP) is 3.46. The maximum absolute atomic E-state index is 11.9. The first kappa shape index (κ1) is 15.8. The number of nitrogens with one attached hydrogen (secondary N) is 1. The van der Waals surface area contributed by atoms with Gasteiger partial charge in [0.05, 0.1) is 11.9 Å². The van der Waals surface area contributed by atoms with Crippen LogP contribution in [-0.4, -0.2) is 30.6 Å². The molecule has 120 valence electrons. The molecule has 1 fully saturated rings. The number of carbonyl (C=O) groups excluding carboxylic acids is 1. The second kappa shape index (κ2) is 7.46. The molecule has 1 aromatic heterocycles. The standard InChI is InChI=1S/C17H18BrN3O2/c18-13-3-6-15(7-4-13)23-12-17(22)20-14-5-8-16(19-11-14)21-9-1-2-10-21/h3-8,11H,1-2,9-10,12H2,(H,20,22). The summed E-state index contributed by atoms with van der Waals surface area (Å²) in [7, 11) is 0. The molecule has 2 heterocycles. The first-order chi connectivity index (χ1) is 11.2. The quantitative estimate of drug-likeness (QED) is 0.869. The van der Waals surface area contributed by atoms with E-state index in [1.165, 1.54) is 12.8 Å². The van der Waals surface area contributed by atoms with Crippen LogP contribution >= 0.6 is 15.9 Å². The molecule has 1 saturated heterocycles. The Morgan fingerprint density at radius 1 is 1.17 bits per heavy atom. The third-order valence-corrected chi connectivity index (χ3v) is 4.17. The van der Waals surface area contributed by atoms with Crippen LogP contribution in [0.15, 0.2) is 47.1 Å². The van der Waals surface area contributed by atoms with Gasteiger partial charge < -0.3 is 15.0 Å². The number of pyridine rings is 1. The second-order valence-electron chi connectivity index (χ2n) is 5.39. The fraction of sp³-hybridized carbons (Fsp3) is 0.294. The summed E-state index contributed by atoms with van der Waals surface area (Å²) < 4.78 is 6.41. The summed E-state index contributed by atoms with van der Waals surface area (Å²) in [5, 5.41) is 2.79. The minimum Gasteiger partial charge on any atom is -0.484 e. The maximum Gasteiger partial charge on any atom is 0.262 e. The lowest BCUT2D eigenvalue weighted by atomic mass is 10.3. The molecule has 0 radical (unpaired) electrons. The van der Waals surface area contributed by atoms with Crippen LogP contribution in [0.25, 0.3) is 0 Å². The zero-order chi connectivity index (χ0) is 16.1. The average molecular weight is 376 g/mol. The van der Waals surface area contributed by atoms with Gasteiger partial charge in [0.2, 0.25) is 0 Å². The Bertz CT molecular complexity index is 653. The highest BCUT2D eigenvalue weighted by molar-refractivity contribution is 9.10. The lowest BCUT2D eigenvalue weighted by molar-refractivity contribution is -0.118. The Kier molecular flexibility index (Phi) is 5.12. The van der Waals surface area contributed by atoms with E-state index in [2.05, 4.69) is 31.1 Å². The molecule has 1 amide bonds. The third-order valence-electron chi connectivity index (χ3n) is 3.65. The first-order valence-corrected chi connectivity index (χ1v) is 8.39. The van der Waals surface area contributed by atoms with E-state index in [4.69, 9.17) is 4.74 Å². The molecule has 0 aliphatic carbocycles. The molecule has 0 unspecified atom stereocenters. The van der Waals surface area contributed by atoms with Gasteiger partial charge in [0.15, 0.2) is 6.61 Å². The maximum atomic E-state index is 11.9. The Labute approximate surface area is 143 Å². The van der Waals surface area contributed by atoms with Crippen molar-refractivity contribution in [2.75, 3.05) is 29.9 Å². The van der Waals surface area contributed by atoms with Gasteiger partial charge in [-0.1, -0.05) is 15.9 Å². The van der Waals surface area contributed by atoms with E-state index in [9.17, 15) is 4.79 Å². The van der Waals surface area contributed by atoms with Gasteiger partial charge in [-0.2, -0.15) is 0 Å². The van der Waals surface area contributed by atoms with E-state index in [1.54, 1.807) is 6.20 Å². The molecule has 2 aromatic rings. The van der Waals surface area contributed by atoms with Crippen LogP contribution in [-0.2, 0) is 4.79 Å². The minimum atomic E-state index is -0.205. The molecule has 1 aliphatic rings. The smallest absolute Gasteiger partial charge is 0.262 e. The fourth-order valence-electron chi connectivity index (χ4n) is 2.47. The molecular formula is C17H18BrN3O2. The largest absolute Gasteiger partial charge is 0.484 e. The molecule has 0 bridgehead atoms. The Balaban J connectivity index is 1.50. The SMILES string of the molecule is O=C(COc1ccc(Br)cc1)Nc1ccc(N2CCCC2)nc1. The number of benzene rings is 1. The normalized spacial score (nSPS) is 13.9. The van der Waals surface area contributed by atoms with Crippen LogP contribution in [0.1, 0.15) is 12.8 Å². The van der Waals surface area contributed by atoms with E-state index in [0.29, 0.717) is 11.4 Å². The molecule has 1 aromatic carbocycles. The molecule has 3 rings (SSSR count). The number of rotatable bonds is 5. The number of amides is 1. The van der Waals surface area contributed by atoms with Crippen LogP contribution in [0.4, 0.5) is 11.5 Å². The van der Waals surface area contributed by atoms with Crippen molar-refractivity contribution in [2.24, 2.45) is 0 Å². The molecule has 0 atom stereocenters. The zero-order valence-electron chi connectivity index (χ0n) is 12.7. The topological polar surface area (TPSA) is 54.5 Å². The Morgan fingerprint density at radius 2 is 1.91 bits per heavy atom. The summed E-state index contributed by atoms with van der Waals surface area (Å²) >= 11 is 3.35. The van der Waals surface area contributed by atoms with Crippen LogP contribution in [0.2, 0.25) is 0 Å². The van der Waals surface area contributed by atoms with Gasteiger partial charge in [0, 0.05) is 17.6 Å². The predicted molar refractivity (Wildman–Crippen MR) is 94.0 cm³/mol. The number of hydrogen-bond acceptors (Lipinski definition) is 4. The molecule has 1 aliphatic heterocycles. The average Bonchev–Trinajstić information content (AvgIpc) is 3.09. The number of halogens is 1. The molecule has 23 heavy (non-hydrogen) atoms. The van der Waals surface area contributed by atoms with Crippen LogP contribution in [0, 0.1) is 0 Å². The molecular weight excluding hydrogens is 358 g/mol. The van der Waals surface area contributed by atoms with Gasteiger partial charge in [-0.25, -0.2) is 4.98 Å². The van der Waals surface area contributed by atoms with Crippen LogP contribution < -0.4 is 15.0 Å². The number of ether oxygens (including phenoxy) is 1. The van der Waals surface area contributed by atoms with Crippen molar-refractivity contribution in [1.29, 1.82) is 0 Å². The van der Waals surface area contributed by atoms with Crippen LogP contribution in [0.3, 0.4) is 0 Å². The van der Waals surface area contributed by atoms with Gasteiger partial charge in [0.1, 0.15) is 11.6 Å². The van der Waals surface area contributed by atoms with Crippen molar-refractivity contribution in [3.63, 3.8) is 0 Å². The first-order valence-electron chi connectivity index (χ1n) is 7.60. The molecule has 6 heteroatoms. The highest BCUT2D eigenvalue weighted by Gasteiger charge is 2.13. The van der Waals surface area contributed by atoms with Crippen molar-refractivity contribution < 1.29 is 9.53 Å². The Hall–Kier alpha value is -2.08. The van der Waals surface area contributed by atoms with Crippen molar-refractivity contribution in [2.45, 2.75) is 12.8 Å². The summed E-state index contributed by atoms with van der Waals surface area (Å²) in [5.41, 5.74) is 0.678. The lowest BCUT2D eigenvalue weighted by Gasteiger charge is -2.16. The highest BCUT2D eigenvalue weighted by Crippen LogP contribution is 2.19. The minimum absolute atomic E-state index is 0.0322. The molecule has 1 N–H and O–H groups in total. The number of carbonyl (C=O) groups is 1. The van der Waals surface area contributed by atoms with Crippen molar-refractivity contribution >= 4 is 33.3 Å². The summed E-state index contributed by atoms with van der Waals surface area (Å²) in [6, 6.07) is 11.2. The van der Waals surface area contributed by atoms with Crippen molar-refractivity contribution in [3.8, 4) is 5.75 Å². The van der Waals surface area contributed by atoms with Gasteiger partial charge in [0.25, 0.3) is 5.91 Å². The molecule has 0 spiro atoms. The monoisotopic (exact) mass is 375 g/mol. The van der Waals surface area contributed by atoms with Crippen molar-refractivity contribution in [1.82, 2.24) is 4.98 Å². The fourth-order valence-corrected chi connectivity index (χ4v) is 2.73. The van der Waals surface area contributed by atoms with E-state index < -0.39 is 0 Å².